The van der Waals surface area contributed by atoms with Crippen molar-refractivity contribution in [3.05, 3.63) is 0 Å². The van der Waals surface area contributed by atoms with Gasteiger partial charge in [0, 0.05) is 11.8 Å². The molecule has 92 valence electrons. The lowest BCUT2D eigenvalue weighted by Crippen LogP contribution is -2.43. The highest BCUT2D eigenvalue weighted by Crippen LogP contribution is 2.24. The highest BCUT2D eigenvalue weighted by molar-refractivity contribution is 7.81. The van der Waals surface area contributed by atoms with Crippen LogP contribution in [0.4, 0.5) is 4.79 Å². The van der Waals surface area contributed by atoms with Crippen molar-refractivity contribution in [1.82, 2.24) is 4.90 Å². The van der Waals surface area contributed by atoms with E-state index < -0.39 is 23.7 Å². The van der Waals surface area contributed by atoms with Crippen LogP contribution >= 0.6 is 12.6 Å². The fraction of sp³-hybridized carbons (Fsp3) is 0.800. The van der Waals surface area contributed by atoms with Gasteiger partial charge in [0.2, 0.25) is 0 Å². The third kappa shape index (κ3) is 3.30. The molecule has 0 unspecified atom stereocenters. The van der Waals surface area contributed by atoms with E-state index in [1.807, 2.05) is 0 Å². The van der Waals surface area contributed by atoms with Gasteiger partial charge in [0.25, 0.3) is 0 Å². The summed E-state index contributed by atoms with van der Waals surface area (Å²) in [6, 6.07) is -0.822. The lowest BCUT2D eigenvalue weighted by atomic mass is 10.2. The number of thiol groups is 1. The molecule has 1 rings (SSSR count). The average molecular weight is 247 g/mol. The predicted molar refractivity (Wildman–Crippen MR) is 61.8 cm³/mol. The van der Waals surface area contributed by atoms with Crippen molar-refractivity contribution in [1.29, 1.82) is 0 Å². The Morgan fingerprint density at radius 3 is 2.44 bits per heavy atom. The molecule has 0 aromatic rings. The number of hydrogen-bond donors (Lipinski definition) is 2. The summed E-state index contributed by atoms with van der Waals surface area (Å²) >= 11 is 4.20. The van der Waals surface area contributed by atoms with E-state index in [0.29, 0.717) is 13.0 Å². The molecular weight excluding hydrogens is 230 g/mol. The van der Waals surface area contributed by atoms with Gasteiger partial charge in [-0.2, -0.15) is 12.6 Å². The number of rotatable bonds is 1. The van der Waals surface area contributed by atoms with E-state index in [0.717, 1.165) is 0 Å². The van der Waals surface area contributed by atoms with E-state index in [1.54, 1.807) is 20.8 Å². The van der Waals surface area contributed by atoms with Crippen LogP contribution in [0.1, 0.15) is 27.2 Å². The van der Waals surface area contributed by atoms with Crippen molar-refractivity contribution < 1.29 is 19.4 Å². The Bertz CT molecular complexity index is 300. The van der Waals surface area contributed by atoms with Crippen LogP contribution < -0.4 is 0 Å². The molecule has 16 heavy (non-hydrogen) atoms. The maximum Gasteiger partial charge on any atom is 0.411 e. The Morgan fingerprint density at radius 1 is 1.44 bits per heavy atom. The van der Waals surface area contributed by atoms with Crippen molar-refractivity contribution in [2.45, 2.75) is 44.1 Å². The molecule has 1 aliphatic heterocycles. The lowest BCUT2D eigenvalue weighted by Gasteiger charge is -2.26. The van der Waals surface area contributed by atoms with Crippen LogP contribution in [0.15, 0.2) is 0 Å². The largest absolute Gasteiger partial charge is 0.480 e. The third-order valence-corrected chi connectivity index (χ3v) is 2.57. The summed E-state index contributed by atoms with van der Waals surface area (Å²) in [6.07, 6.45) is -0.228. The van der Waals surface area contributed by atoms with E-state index in [9.17, 15) is 9.59 Å². The number of carboxylic acids is 1. The van der Waals surface area contributed by atoms with E-state index in [-0.39, 0.29) is 5.25 Å². The van der Waals surface area contributed by atoms with Gasteiger partial charge in [0.05, 0.1) is 0 Å². The summed E-state index contributed by atoms with van der Waals surface area (Å²) in [5, 5.41) is 8.86. The minimum absolute atomic E-state index is 0.103. The van der Waals surface area contributed by atoms with Crippen LogP contribution in [-0.2, 0) is 9.53 Å². The summed E-state index contributed by atoms with van der Waals surface area (Å²) in [5.41, 5.74) is -0.616. The summed E-state index contributed by atoms with van der Waals surface area (Å²) in [4.78, 5) is 23.9. The van der Waals surface area contributed by atoms with Gasteiger partial charge in [-0.25, -0.2) is 9.59 Å². The molecule has 1 heterocycles. The van der Waals surface area contributed by atoms with Crippen molar-refractivity contribution >= 4 is 24.7 Å². The summed E-state index contributed by atoms with van der Waals surface area (Å²) < 4.78 is 5.14. The number of hydrogen-bond acceptors (Lipinski definition) is 4. The highest BCUT2D eigenvalue weighted by atomic mass is 32.1. The number of likely N-dealkylation sites (tertiary alicyclic amines) is 1. The zero-order chi connectivity index (χ0) is 12.5. The molecule has 6 heteroatoms. The number of aliphatic carboxylic acids is 1. The zero-order valence-corrected chi connectivity index (χ0v) is 10.5. The van der Waals surface area contributed by atoms with Crippen LogP contribution in [0.5, 0.6) is 0 Å². The topological polar surface area (TPSA) is 66.8 Å². The van der Waals surface area contributed by atoms with Gasteiger partial charge < -0.3 is 9.84 Å². The monoisotopic (exact) mass is 247 g/mol. The first-order chi connectivity index (χ1) is 7.20. The van der Waals surface area contributed by atoms with Gasteiger partial charge in [-0.1, -0.05) is 0 Å². The Labute approximate surface area is 100 Å². The fourth-order valence-electron chi connectivity index (χ4n) is 1.57. The van der Waals surface area contributed by atoms with E-state index in [4.69, 9.17) is 9.84 Å². The molecule has 2 atom stereocenters. The highest BCUT2D eigenvalue weighted by Gasteiger charge is 2.40. The van der Waals surface area contributed by atoms with Crippen LogP contribution in [0.3, 0.4) is 0 Å². The van der Waals surface area contributed by atoms with Gasteiger partial charge in [0.1, 0.15) is 11.6 Å². The van der Waals surface area contributed by atoms with Crippen LogP contribution in [0, 0.1) is 0 Å². The van der Waals surface area contributed by atoms with E-state index in [1.165, 1.54) is 4.90 Å². The minimum Gasteiger partial charge on any atom is -0.480 e. The molecule has 0 aliphatic carbocycles. The molecule has 1 aliphatic rings. The minimum atomic E-state index is -1.01. The first kappa shape index (κ1) is 13.2. The molecule has 1 fully saturated rings. The SMILES string of the molecule is CC(C)(C)OC(=O)N1C[C@H](S)C[C@H]1C(=O)O. The second kappa shape index (κ2) is 4.53. The second-order valence-corrected chi connectivity index (χ2v) is 5.61. The Kier molecular flexibility index (Phi) is 3.72. The number of carbonyl (C=O) groups is 2. The molecule has 0 bridgehead atoms. The molecule has 1 amide bonds. The van der Waals surface area contributed by atoms with Crippen LogP contribution in [0.25, 0.3) is 0 Å². The van der Waals surface area contributed by atoms with Crippen molar-refractivity contribution in [2.75, 3.05) is 6.54 Å². The summed E-state index contributed by atoms with van der Waals surface area (Å²) in [6.45, 7) is 5.55. The normalized spacial score (nSPS) is 25.6. The maximum atomic E-state index is 11.7. The maximum absolute atomic E-state index is 11.7. The Balaban J connectivity index is 2.71. The summed E-state index contributed by atoms with van der Waals surface area (Å²) in [7, 11) is 0. The molecule has 0 aromatic heterocycles. The quantitative estimate of drug-likeness (QED) is 0.687. The molecule has 1 saturated heterocycles. The summed E-state index contributed by atoms with van der Waals surface area (Å²) in [5.74, 6) is -1.01. The van der Waals surface area contributed by atoms with Gasteiger partial charge in [0.15, 0.2) is 0 Å². The first-order valence-electron chi connectivity index (χ1n) is 5.11. The van der Waals surface area contributed by atoms with Gasteiger partial charge in [-0.05, 0) is 27.2 Å². The van der Waals surface area contributed by atoms with Crippen LogP contribution in [0.2, 0.25) is 0 Å². The molecule has 0 radical (unpaired) electrons. The van der Waals surface area contributed by atoms with Crippen molar-refractivity contribution in [2.24, 2.45) is 0 Å². The number of carbonyl (C=O) groups excluding carboxylic acids is 1. The number of ether oxygens (including phenoxy) is 1. The van der Waals surface area contributed by atoms with Gasteiger partial charge >= 0.3 is 12.1 Å². The molecular formula is C10H17NO4S. The number of amides is 1. The van der Waals surface area contributed by atoms with E-state index in [2.05, 4.69) is 12.6 Å². The van der Waals surface area contributed by atoms with Crippen molar-refractivity contribution in [3.63, 3.8) is 0 Å². The number of nitrogens with zero attached hydrogens (tertiary/aromatic N) is 1. The third-order valence-electron chi connectivity index (χ3n) is 2.19. The van der Waals surface area contributed by atoms with Crippen molar-refractivity contribution in [3.8, 4) is 0 Å². The Hall–Kier alpha value is -0.910. The predicted octanol–water partition coefficient (Wildman–Crippen LogP) is 1.38. The lowest BCUT2D eigenvalue weighted by molar-refractivity contribution is -0.142. The first-order valence-corrected chi connectivity index (χ1v) is 5.63. The second-order valence-electron chi connectivity index (χ2n) is 4.88. The molecule has 0 spiro atoms. The number of carboxylic acid groups (broad SMARTS) is 1. The zero-order valence-electron chi connectivity index (χ0n) is 9.64. The smallest absolute Gasteiger partial charge is 0.411 e. The average Bonchev–Trinajstić information content (AvgIpc) is 2.44. The van der Waals surface area contributed by atoms with Gasteiger partial charge in [-0.3, -0.25) is 4.90 Å². The molecule has 5 nitrogen and oxygen atoms in total. The van der Waals surface area contributed by atoms with E-state index >= 15 is 0 Å². The fourth-order valence-corrected chi connectivity index (χ4v) is 1.95. The molecule has 0 saturated carbocycles. The molecule has 0 aromatic carbocycles. The van der Waals surface area contributed by atoms with Gasteiger partial charge in [-0.15, -0.1) is 0 Å². The van der Waals surface area contributed by atoms with Crippen LogP contribution in [-0.4, -0.2) is 45.5 Å². The molecule has 1 N–H and O–H groups in total. The Morgan fingerprint density at radius 2 is 2.00 bits per heavy atom. The standard InChI is InChI=1S/C10H17NO4S/c1-10(2,3)15-9(14)11-5-6(16)4-7(11)8(12)13/h6-7,16H,4-5H2,1-3H3,(H,12,13)/t6-,7+/m1/s1.